The highest BCUT2D eigenvalue weighted by Crippen LogP contribution is 2.38. The maximum absolute atomic E-state index is 5.45. The third-order valence-electron chi connectivity index (χ3n) is 2.65. The first-order valence-electron chi connectivity index (χ1n) is 5.84. The average molecular weight is 367 g/mol. The summed E-state index contributed by atoms with van der Waals surface area (Å²) in [5.74, 6) is 5.89. The van der Waals surface area contributed by atoms with Gasteiger partial charge in [0.25, 0.3) is 0 Å². The molecule has 3 rings (SSSR count). The van der Waals surface area contributed by atoms with E-state index in [1.165, 1.54) is 4.88 Å². The quantitative estimate of drug-likeness (QED) is 0.413. The highest BCUT2D eigenvalue weighted by Gasteiger charge is 2.12. The summed E-state index contributed by atoms with van der Waals surface area (Å²) in [7, 11) is 0. The number of aromatic nitrogens is 2. The van der Waals surface area contributed by atoms with Gasteiger partial charge in [-0.25, -0.2) is 15.8 Å². The Hall–Kier alpha value is -1.15. The molecule has 102 valence electrons. The van der Waals surface area contributed by atoms with Crippen LogP contribution in [0.5, 0.6) is 0 Å². The molecule has 7 heteroatoms. The van der Waals surface area contributed by atoms with Gasteiger partial charge < -0.3 is 0 Å². The van der Waals surface area contributed by atoms with Crippen LogP contribution in [-0.2, 0) is 0 Å². The normalized spacial score (nSPS) is 10.9. The molecule has 0 atom stereocenters. The number of nitrogens with zero attached hydrogens (tertiary/aromatic N) is 2. The second-order valence-electron chi connectivity index (χ2n) is 4.11. The van der Waals surface area contributed by atoms with E-state index in [4.69, 9.17) is 5.84 Å². The van der Waals surface area contributed by atoms with Crippen LogP contribution in [-0.4, -0.2) is 9.97 Å². The van der Waals surface area contributed by atoms with E-state index < -0.39 is 0 Å². The van der Waals surface area contributed by atoms with Crippen LogP contribution in [0.15, 0.2) is 44.7 Å². The van der Waals surface area contributed by atoms with Crippen molar-refractivity contribution in [3.63, 3.8) is 0 Å². The molecule has 0 spiro atoms. The lowest BCUT2D eigenvalue weighted by molar-refractivity contribution is 1.08. The van der Waals surface area contributed by atoms with Crippen LogP contribution in [0.3, 0.4) is 0 Å². The Kier molecular flexibility index (Phi) is 3.93. The summed E-state index contributed by atoms with van der Waals surface area (Å²) in [6.07, 6.45) is 0. The third-order valence-corrected chi connectivity index (χ3v) is 5.63. The number of hydrogen-bond donors (Lipinski definition) is 2. The Morgan fingerprint density at radius 2 is 2.10 bits per heavy atom. The van der Waals surface area contributed by atoms with Crippen molar-refractivity contribution in [1.29, 1.82) is 0 Å². The molecule has 0 saturated carbocycles. The molecule has 0 bridgehead atoms. The summed E-state index contributed by atoms with van der Waals surface area (Å²) >= 11 is 6.80. The molecule has 0 unspecified atom stereocenters. The van der Waals surface area contributed by atoms with Crippen molar-refractivity contribution in [1.82, 2.24) is 9.97 Å². The van der Waals surface area contributed by atoms with Crippen LogP contribution in [0.4, 0.5) is 5.95 Å². The standard InChI is InChI=1S/C13H11BrN4S2/c1-7-6-8-11(19-7)16-13(18-15)17-12(8)20-10-5-3-2-4-9(10)14/h2-6H,15H2,1H3,(H,16,17,18). The Balaban J connectivity index is 2.12. The van der Waals surface area contributed by atoms with E-state index in [1.54, 1.807) is 23.1 Å². The summed E-state index contributed by atoms with van der Waals surface area (Å²) in [4.78, 5) is 12.1. The Morgan fingerprint density at radius 1 is 1.30 bits per heavy atom. The largest absolute Gasteiger partial charge is 0.292 e. The Labute approximate surface area is 132 Å². The second-order valence-corrected chi connectivity index (χ2v) is 7.22. The predicted octanol–water partition coefficient (Wildman–Crippen LogP) is 4.20. The number of nitrogens with two attached hydrogens (primary N) is 1. The van der Waals surface area contributed by atoms with Gasteiger partial charge in [0, 0.05) is 19.6 Å². The van der Waals surface area contributed by atoms with Gasteiger partial charge >= 0.3 is 0 Å². The van der Waals surface area contributed by atoms with E-state index in [0.29, 0.717) is 5.95 Å². The number of hydrogen-bond acceptors (Lipinski definition) is 6. The summed E-state index contributed by atoms with van der Waals surface area (Å²) in [5, 5.41) is 1.96. The number of rotatable bonds is 3. The van der Waals surface area contributed by atoms with Gasteiger partial charge in [0.05, 0.1) is 0 Å². The zero-order valence-electron chi connectivity index (χ0n) is 10.6. The van der Waals surface area contributed by atoms with Crippen molar-refractivity contribution in [2.24, 2.45) is 5.84 Å². The number of benzene rings is 1. The minimum absolute atomic E-state index is 0.439. The number of nitrogen functional groups attached to an aromatic ring is 1. The monoisotopic (exact) mass is 366 g/mol. The Morgan fingerprint density at radius 3 is 2.85 bits per heavy atom. The lowest BCUT2D eigenvalue weighted by atomic mass is 10.4. The van der Waals surface area contributed by atoms with E-state index in [2.05, 4.69) is 50.4 Å². The van der Waals surface area contributed by atoms with Crippen LogP contribution in [0.25, 0.3) is 10.2 Å². The van der Waals surface area contributed by atoms with Gasteiger partial charge in [-0.3, -0.25) is 5.43 Å². The van der Waals surface area contributed by atoms with Crippen molar-refractivity contribution < 1.29 is 0 Å². The number of fused-ring (bicyclic) bond motifs is 1. The maximum atomic E-state index is 5.45. The molecule has 0 aliphatic carbocycles. The second kappa shape index (κ2) is 5.69. The number of halogens is 1. The first kappa shape index (κ1) is 13.8. The fraction of sp³-hybridized carbons (Fsp3) is 0.0769. The highest BCUT2D eigenvalue weighted by atomic mass is 79.9. The van der Waals surface area contributed by atoms with E-state index in [9.17, 15) is 0 Å². The van der Waals surface area contributed by atoms with Crippen LogP contribution < -0.4 is 11.3 Å². The molecule has 0 aliphatic heterocycles. The highest BCUT2D eigenvalue weighted by molar-refractivity contribution is 9.10. The summed E-state index contributed by atoms with van der Waals surface area (Å²) in [6, 6.07) is 10.2. The van der Waals surface area contributed by atoms with Crippen LogP contribution in [0, 0.1) is 6.92 Å². The van der Waals surface area contributed by atoms with Gasteiger partial charge in [-0.1, -0.05) is 23.9 Å². The molecular formula is C13H11BrN4S2. The molecular weight excluding hydrogens is 356 g/mol. The topological polar surface area (TPSA) is 63.8 Å². The Bertz CT molecular complexity index is 772. The van der Waals surface area contributed by atoms with Crippen molar-refractivity contribution >= 4 is 55.2 Å². The number of nitrogens with one attached hydrogen (secondary N) is 1. The molecule has 4 nitrogen and oxygen atoms in total. The van der Waals surface area contributed by atoms with Crippen molar-refractivity contribution in [3.8, 4) is 0 Å². The predicted molar refractivity (Wildman–Crippen MR) is 88.2 cm³/mol. The molecule has 0 saturated heterocycles. The van der Waals surface area contributed by atoms with E-state index in [1.807, 2.05) is 18.2 Å². The fourth-order valence-corrected chi connectivity index (χ4v) is 4.18. The van der Waals surface area contributed by atoms with Gasteiger partial charge in [0.15, 0.2) is 0 Å². The zero-order valence-corrected chi connectivity index (χ0v) is 13.8. The molecule has 1 aromatic carbocycles. The van der Waals surface area contributed by atoms with Gasteiger partial charge in [0.2, 0.25) is 5.95 Å². The van der Waals surface area contributed by atoms with Crippen molar-refractivity contribution in [2.45, 2.75) is 16.8 Å². The van der Waals surface area contributed by atoms with Crippen LogP contribution >= 0.6 is 39.0 Å². The molecule has 0 amide bonds. The van der Waals surface area contributed by atoms with Gasteiger partial charge in [-0.15, -0.1) is 11.3 Å². The number of anilines is 1. The molecule has 0 fully saturated rings. The third kappa shape index (κ3) is 2.67. The minimum atomic E-state index is 0.439. The summed E-state index contributed by atoms with van der Waals surface area (Å²) in [5.41, 5.74) is 2.53. The smallest absolute Gasteiger partial charge is 0.239 e. The summed E-state index contributed by atoms with van der Waals surface area (Å²) in [6.45, 7) is 2.06. The van der Waals surface area contributed by atoms with Gasteiger partial charge in [0.1, 0.15) is 9.86 Å². The molecule has 3 N–H and O–H groups in total. The van der Waals surface area contributed by atoms with Gasteiger partial charge in [-0.2, -0.15) is 0 Å². The van der Waals surface area contributed by atoms with Gasteiger partial charge in [-0.05, 0) is 41.1 Å². The molecule has 0 radical (unpaired) electrons. The average Bonchev–Trinajstić information content (AvgIpc) is 2.81. The lowest BCUT2D eigenvalue weighted by Crippen LogP contribution is -2.10. The fourth-order valence-electron chi connectivity index (χ4n) is 1.79. The van der Waals surface area contributed by atoms with E-state index >= 15 is 0 Å². The van der Waals surface area contributed by atoms with E-state index in [0.717, 1.165) is 24.6 Å². The van der Waals surface area contributed by atoms with Crippen molar-refractivity contribution in [3.05, 3.63) is 39.7 Å². The van der Waals surface area contributed by atoms with Crippen molar-refractivity contribution in [2.75, 3.05) is 5.43 Å². The maximum Gasteiger partial charge on any atom is 0.239 e. The van der Waals surface area contributed by atoms with E-state index in [-0.39, 0.29) is 0 Å². The first-order valence-corrected chi connectivity index (χ1v) is 8.27. The molecule has 0 aliphatic rings. The molecule has 2 aromatic heterocycles. The SMILES string of the molecule is Cc1cc2c(Sc3ccccc3Br)nc(NN)nc2s1. The number of aryl methyl sites for hydroxylation is 1. The van der Waals surface area contributed by atoms with Crippen LogP contribution in [0.1, 0.15) is 4.88 Å². The molecule has 3 aromatic rings. The minimum Gasteiger partial charge on any atom is -0.292 e. The number of hydrazine groups is 1. The number of thiophene rings is 1. The lowest BCUT2D eigenvalue weighted by Gasteiger charge is -2.06. The molecule has 20 heavy (non-hydrogen) atoms. The summed E-state index contributed by atoms with van der Waals surface area (Å²) < 4.78 is 1.05. The van der Waals surface area contributed by atoms with Crippen LogP contribution in [0.2, 0.25) is 0 Å². The molecule has 2 heterocycles. The zero-order chi connectivity index (χ0) is 14.1. The first-order chi connectivity index (χ1) is 9.67.